The van der Waals surface area contributed by atoms with Crippen LogP contribution in [0.3, 0.4) is 0 Å². The maximum Gasteiger partial charge on any atom is 0.0991 e. The van der Waals surface area contributed by atoms with Gasteiger partial charge < -0.3 is 15.5 Å². The summed E-state index contributed by atoms with van der Waals surface area (Å²) in [5.74, 6) is 0. The van der Waals surface area contributed by atoms with Crippen LogP contribution in [0, 0.1) is 11.3 Å². The second kappa shape index (κ2) is 5.38. The van der Waals surface area contributed by atoms with Gasteiger partial charge in [0.05, 0.1) is 17.7 Å². The van der Waals surface area contributed by atoms with Gasteiger partial charge in [0.25, 0.3) is 0 Å². The summed E-state index contributed by atoms with van der Waals surface area (Å²) in [6.07, 6.45) is 0. The van der Waals surface area contributed by atoms with E-state index >= 15 is 0 Å². The summed E-state index contributed by atoms with van der Waals surface area (Å²) in [5, 5.41) is 8.83. The lowest BCUT2D eigenvalue weighted by Gasteiger charge is -2.45. The molecule has 1 aliphatic heterocycles. The molecule has 1 fully saturated rings. The number of piperazine rings is 1. The second-order valence-electron chi connectivity index (χ2n) is 5.03. The Balaban J connectivity index is 2.25. The third-order valence-corrected chi connectivity index (χ3v) is 3.53. The molecular weight excluding hydrogens is 224 g/mol. The van der Waals surface area contributed by atoms with Gasteiger partial charge in [0.1, 0.15) is 0 Å². The molecule has 0 aromatic heterocycles. The molecule has 4 nitrogen and oxygen atoms in total. The molecule has 1 saturated heterocycles. The minimum absolute atomic E-state index is 0.340. The molecule has 1 aromatic carbocycles. The summed E-state index contributed by atoms with van der Waals surface area (Å²) in [6, 6.07) is 10.7. The van der Waals surface area contributed by atoms with Gasteiger partial charge in [-0.2, -0.15) is 5.26 Å². The van der Waals surface area contributed by atoms with Crippen LogP contribution in [0.2, 0.25) is 0 Å². The van der Waals surface area contributed by atoms with Crippen molar-refractivity contribution in [2.45, 2.75) is 19.0 Å². The molecule has 2 unspecified atom stereocenters. The summed E-state index contributed by atoms with van der Waals surface area (Å²) >= 11 is 0. The normalized spacial score (nSPS) is 24.9. The topological polar surface area (TPSA) is 56.3 Å². The summed E-state index contributed by atoms with van der Waals surface area (Å²) in [4.78, 5) is 4.70. The van der Waals surface area contributed by atoms with Gasteiger partial charge in [-0.05, 0) is 38.2 Å². The monoisotopic (exact) mass is 244 g/mol. The number of nitrogens with zero attached hydrogens (tertiary/aromatic N) is 3. The molecule has 0 spiro atoms. The molecule has 1 heterocycles. The first-order chi connectivity index (χ1) is 8.65. The zero-order valence-corrected chi connectivity index (χ0v) is 11.0. The van der Waals surface area contributed by atoms with Crippen LogP contribution >= 0.6 is 0 Å². The van der Waals surface area contributed by atoms with Crippen molar-refractivity contribution in [2.75, 3.05) is 31.6 Å². The maximum atomic E-state index is 8.83. The van der Waals surface area contributed by atoms with E-state index in [4.69, 9.17) is 11.0 Å². The van der Waals surface area contributed by atoms with Crippen molar-refractivity contribution in [2.24, 2.45) is 5.73 Å². The molecule has 4 heteroatoms. The average Bonchev–Trinajstić information content (AvgIpc) is 2.38. The number of nitriles is 1. The average molecular weight is 244 g/mol. The number of likely N-dealkylation sites (N-methyl/N-ethyl adjacent to an activating group) is 1. The predicted molar refractivity (Wildman–Crippen MR) is 73.4 cm³/mol. The van der Waals surface area contributed by atoms with Crippen molar-refractivity contribution < 1.29 is 0 Å². The van der Waals surface area contributed by atoms with E-state index in [1.807, 2.05) is 24.3 Å². The van der Waals surface area contributed by atoms with Crippen LogP contribution in [0.25, 0.3) is 0 Å². The van der Waals surface area contributed by atoms with E-state index in [0.717, 1.165) is 18.8 Å². The summed E-state index contributed by atoms with van der Waals surface area (Å²) in [5.41, 5.74) is 7.75. The zero-order chi connectivity index (χ0) is 13.1. The molecule has 0 radical (unpaired) electrons. The summed E-state index contributed by atoms with van der Waals surface area (Å²) in [6.45, 7) is 4.89. The number of hydrogen-bond acceptors (Lipinski definition) is 4. The lowest BCUT2D eigenvalue weighted by Crippen LogP contribution is -2.59. The standard InChI is InChI=1S/C14H20N4/c1-11-9-17(2)10-14(8-16)18(11)13-5-3-12(7-15)4-6-13/h3-6,11,14H,8-10,16H2,1-2H3. The van der Waals surface area contributed by atoms with E-state index < -0.39 is 0 Å². The highest BCUT2D eigenvalue weighted by Gasteiger charge is 2.29. The van der Waals surface area contributed by atoms with Crippen LogP contribution < -0.4 is 10.6 Å². The van der Waals surface area contributed by atoms with Crippen molar-refractivity contribution in [1.29, 1.82) is 5.26 Å². The molecule has 0 amide bonds. The number of rotatable bonds is 2. The van der Waals surface area contributed by atoms with Crippen LogP contribution in [0.1, 0.15) is 12.5 Å². The molecule has 0 aliphatic carbocycles. The van der Waals surface area contributed by atoms with E-state index in [2.05, 4.69) is 29.8 Å². The van der Waals surface area contributed by atoms with E-state index in [1.54, 1.807) is 0 Å². The first-order valence-corrected chi connectivity index (χ1v) is 6.32. The van der Waals surface area contributed by atoms with Gasteiger partial charge in [-0.1, -0.05) is 0 Å². The smallest absolute Gasteiger partial charge is 0.0991 e. The number of nitrogens with two attached hydrogens (primary N) is 1. The van der Waals surface area contributed by atoms with Crippen molar-refractivity contribution in [3.63, 3.8) is 0 Å². The molecule has 2 atom stereocenters. The highest BCUT2D eigenvalue weighted by molar-refractivity contribution is 5.52. The van der Waals surface area contributed by atoms with Crippen LogP contribution in [0.4, 0.5) is 5.69 Å². The Morgan fingerprint density at radius 2 is 2.00 bits per heavy atom. The predicted octanol–water partition coefficient (Wildman–Crippen LogP) is 1.03. The van der Waals surface area contributed by atoms with Gasteiger partial charge in [0.15, 0.2) is 0 Å². The first kappa shape index (κ1) is 12.9. The lowest BCUT2D eigenvalue weighted by atomic mass is 10.1. The van der Waals surface area contributed by atoms with Crippen molar-refractivity contribution >= 4 is 5.69 Å². The van der Waals surface area contributed by atoms with Gasteiger partial charge in [0.2, 0.25) is 0 Å². The van der Waals surface area contributed by atoms with Crippen LogP contribution in [-0.2, 0) is 0 Å². The number of anilines is 1. The zero-order valence-electron chi connectivity index (χ0n) is 11.0. The number of hydrogen-bond donors (Lipinski definition) is 1. The minimum atomic E-state index is 0.340. The van der Waals surface area contributed by atoms with Crippen molar-refractivity contribution in [3.05, 3.63) is 29.8 Å². The Labute approximate surface area is 109 Å². The molecule has 0 saturated carbocycles. The van der Waals surface area contributed by atoms with E-state index in [0.29, 0.717) is 24.2 Å². The maximum absolute atomic E-state index is 8.83. The molecule has 18 heavy (non-hydrogen) atoms. The number of benzene rings is 1. The van der Waals surface area contributed by atoms with E-state index in [1.165, 1.54) is 0 Å². The van der Waals surface area contributed by atoms with Gasteiger partial charge in [-0.25, -0.2) is 0 Å². The fourth-order valence-corrected chi connectivity index (χ4v) is 2.78. The second-order valence-corrected chi connectivity index (χ2v) is 5.03. The Hall–Kier alpha value is -1.57. The van der Waals surface area contributed by atoms with Crippen molar-refractivity contribution in [3.8, 4) is 6.07 Å². The molecule has 1 aliphatic rings. The Bertz CT molecular complexity index is 434. The van der Waals surface area contributed by atoms with E-state index in [-0.39, 0.29) is 0 Å². The lowest BCUT2D eigenvalue weighted by molar-refractivity contribution is 0.235. The molecular formula is C14H20N4. The van der Waals surface area contributed by atoms with Crippen LogP contribution in [-0.4, -0.2) is 43.7 Å². The summed E-state index contributed by atoms with van der Waals surface area (Å²) in [7, 11) is 2.13. The fraction of sp³-hybridized carbons (Fsp3) is 0.500. The molecule has 1 aromatic rings. The van der Waals surface area contributed by atoms with Gasteiger partial charge >= 0.3 is 0 Å². The van der Waals surface area contributed by atoms with Gasteiger partial charge in [0, 0.05) is 31.4 Å². The molecule has 0 bridgehead atoms. The molecule has 2 rings (SSSR count). The molecule has 2 N–H and O–H groups in total. The third kappa shape index (κ3) is 2.47. The highest BCUT2D eigenvalue weighted by atomic mass is 15.3. The quantitative estimate of drug-likeness (QED) is 0.844. The minimum Gasteiger partial charge on any atom is -0.362 e. The van der Waals surface area contributed by atoms with Crippen molar-refractivity contribution in [1.82, 2.24) is 4.90 Å². The fourth-order valence-electron chi connectivity index (χ4n) is 2.78. The Morgan fingerprint density at radius 3 is 2.56 bits per heavy atom. The van der Waals surface area contributed by atoms with Gasteiger partial charge in [-0.15, -0.1) is 0 Å². The van der Waals surface area contributed by atoms with Crippen LogP contribution in [0.15, 0.2) is 24.3 Å². The SMILES string of the molecule is CC1CN(C)CC(CN)N1c1ccc(C#N)cc1. The van der Waals surface area contributed by atoms with E-state index in [9.17, 15) is 0 Å². The van der Waals surface area contributed by atoms with Gasteiger partial charge in [-0.3, -0.25) is 0 Å². The first-order valence-electron chi connectivity index (χ1n) is 6.32. The Morgan fingerprint density at radius 1 is 1.33 bits per heavy atom. The third-order valence-electron chi connectivity index (χ3n) is 3.53. The van der Waals surface area contributed by atoms with Crippen LogP contribution in [0.5, 0.6) is 0 Å². The largest absolute Gasteiger partial charge is 0.362 e. The molecule has 96 valence electrons. The Kier molecular flexibility index (Phi) is 3.85. The highest BCUT2D eigenvalue weighted by Crippen LogP contribution is 2.24. The summed E-state index contributed by atoms with van der Waals surface area (Å²) < 4.78 is 0.